The molecule has 2 aromatic rings. The van der Waals surface area contributed by atoms with E-state index < -0.39 is 12.2 Å². The molecule has 5 N–H and O–H groups in total. The van der Waals surface area contributed by atoms with Crippen LogP contribution < -0.4 is 4.74 Å². The second-order valence-corrected chi connectivity index (χ2v) is 5.44. The molecule has 0 amide bonds. The minimum atomic E-state index is -0.968. The summed E-state index contributed by atoms with van der Waals surface area (Å²) in [6.07, 6.45) is -1.67. The van der Waals surface area contributed by atoms with Gasteiger partial charge in [-0.3, -0.25) is 0 Å². The summed E-state index contributed by atoms with van der Waals surface area (Å²) < 4.78 is 5.65. The standard InChI is InChI=1S/C16H16O6/c1-7-11(18)2-8(3-12(7)19)16-14(21)6-10-13(20)4-9(17)5-15(10)22-16/h2-5,14,16-21H,6H2,1H3/t14-,16?/m1/s1. The van der Waals surface area contributed by atoms with E-state index in [1.54, 1.807) is 6.92 Å². The Balaban J connectivity index is 2.03. The largest absolute Gasteiger partial charge is 0.508 e. The van der Waals surface area contributed by atoms with Crippen LogP contribution in [0.5, 0.6) is 28.7 Å². The van der Waals surface area contributed by atoms with Crippen molar-refractivity contribution in [3.8, 4) is 28.7 Å². The van der Waals surface area contributed by atoms with E-state index in [0.717, 1.165) is 0 Å². The molecule has 0 fully saturated rings. The minimum Gasteiger partial charge on any atom is -0.508 e. The van der Waals surface area contributed by atoms with Crippen molar-refractivity contribution < 1.29 is 30.3 Å². The van der Waals surface area contributed by atoms with Crippen molar-refractivity contribution in [1.29, 1.82) is 0 Å². The molecule has 1 unspecified atom stereocenters. The van der Waals surface area contributed by atoms with Crippen molar-refractivity contribution in [1.82, 2.24) is 0 Å². The summed E-state index contributed by atoms with van der Waals surface area (Å²) in [6, 6.07) is 5.35. The maximum Gasteiger partial charge on any atom is 0.150 e. The number of ether oxygens (including phenoxy) is 1. The lowest BCUT2D eigenvalue weighted by atomic mass is 9.93. The fourth-order valence-electron chi connectivity index (χ4n) is 2.62. The van der Waals surface area contributed by atoms with Crippen LogP contribution in [-0.2, 0) is 6.42 Å². The summed E-state index contributed by atoms with van der Waals surface area (Å²) in [6.45, 7) is 1.57. The van der Waals surface area contributed by atoms with Gasteiger partial charge in [0.15, 0.2) is 6.10 Å². The number of aromatic hydroxyl groups is 4. The molecule has 2 aromatic carbocycles. The van der Waals surface area contributed by atoms with Crippen molar-refractivity contribution >= 4 is 0 Å². The highest BCUT2D eigenvalue weighted by Gasteiger charge is 2.32. The molecule has 0 bridgehead atoms. The van der Waals surface area contributed by atoms with Crippen LogP contribution in [0.25, 0.3) is 0 Å². The number of phenols is 4. The van der Waals surface area contributed by atoms with Crippen LogP contribution in [0.15, 0.2) is 24.3 Å². The normalized spacial score (nSPS) is 20.3. The molecule has 3 rings (SSSR count). The van der Waals surface area contributed by atoms with Crippen LogP contribution in [0.1, 0.15) is 22.8 Å². The van der Waals surface area contributed by atoms with E-state index in [9.17, 15) is 25.5 Å². The Morgan fingerprint density at radius 1 is 0.955 bits per heavy atom. The molecule has 0 radical (unpaired) electrons. The van der Waals surface area contributed by atoms with E-state index in [-0.39, 0.29) is 35.2 Å². The van der Waals surface area contributed by atoms with Gasteiger partial charge in [-0.25, -0.2) is 0 Å². The quantitative estimate of drug-likeness (QED) is 0.550. The van der Waals surface area contributed by atoms with Gasteiger partial charge in [-0.05, 0) is 19.1 Å². The van der Waals surface area contributed by atoms with Crippen molar-refractivity contribution in [2.75, 3.05) is 0 Å². The maximum atomic E-state index is 10.3. The molecule has 0 spiro atoms. The Hall–Kier alpha value is -2.60. The average Bonchev–Trinajstić information content (AvgIpc) is 2.44. The molecule has 116 valence electrons. The van der Waals surface area contributed by atoms with Crippen molar-refractivity contribution in [3.63, 3.8) is 0 Å². The van der Waals surface area contributed by atoms with E-state index in [4.69, 9.17) is 4.74 Å². The molecule has 2 atom stereocenters. The predicted molar refractivity (Wildman–Crippen MR) is 77.4 cm³/mol. The molecular formula is C16H16O6. The lowest BCUT2D eigenvalue weighted by Gasteiger charge is -2.31. The van der Waals surface area contributed by atoms with Gasteiger partial charge in [0.25, 0.3) is 0 Å². The molecule has 0 aromatic heterocycles. The third-order valence-corrected chi connectivity index (χ3v) is 3.89. The lowest BCUT2D eigenvalue weighted by Crippen LogP contribution is -2.30. The van der Waals surface area contributed by atoms with Gasteiger partial charge in [-0.15, -0.1) is 0 Å². The minimum absolute atomic E-state index is 0.102. The Bertz CT molecular complexity index is 717. The smallest absolute Gasteiger partial charge is 0.150 e. The van der Waals surface area contributed by atoms with E-state index in [1.165, 1.54) is 24.3 Å². The third kappa shape index (κ3) is 2.27. The first-order chi connectivity index (χ1) is 10.4. The number of aliphatic hydroxyl groups is 1. The molecule has 6 heteroatoms. The van der Waals surface area contributed by atoms with Crippen molar-refractivity contribution in [2.24, 2.45) is 0 Å². The number of hydrogen-bond donors (Lipinski definition) is 5. The highest BCUT2D eigenvalue weighted by atomic mass is 16.5. The van der Waals surface area contributed by atoms with Crippen LogP contribution in [-0.4, -0.2) is 31.6 Å². The van der Waals surface area contributed by atoms with E-state index in [0.29, 0.717) is 16.7 Å². The zero-order valence-electron chi connectivity index (χ0n) is 11.8. The first kappa shape index (κ1) is 14.3. The molecule has 0 saturated carbocycles. The molecule has 6 nitrogen and oxygen atoms in total. The van der Waals surface area contributed by atoms with Crippen LogP contribution >= 0.6 is 0 Å². The topological polar surface area (TPSA) is 110 Å². The highest BCUT2D eigenvalue weighted by molar-refractivity contribution is 5.52. The summed E-state index contributed by atoms with van der Waals surface area (Å²) in [5.74, 6) is -0.249. The highest BCUT2D eigenvalue weighted by Crippen LogP contribution is 2.43. The zero-order chi connectivity index (χ0) is 16.0. The summed E-state index contributed by atoms with van der Waals surface area (Å²) in [7, 11) is 0. The van der Waals surface area contributed by atoms with Crippen molar-refractivity contribution in [3.05, 3.63) is 41.0 Å². The van der Waals surface area contributed by atoms with Crippen LogP contribution in [0, 0.1) is 6.92 Å². The molecule has 1 heterocycles. The molecule has 1 aliphatic heterocycles. The van der Waals surface area contributed by atoms with Crippen LogP contribution in [0.2, 0.25) is 0 Å². The lowest BCUT2D eigenvalue weighted by molar-refractivity contribution is 0.0196. The van der Waals surface area contributed by atoms with Gasteiger partial charge in [-0.1, -0.05) is 0 Å². The Kier molecular flexibility index (Phi) is 3.26. The van der Waals surface area contributed by atoms with Crippen LogP contribution in [0.3, 0.4) is 0 Å². The number of phenolic OH excluding ortho intramolecular Hbond substituents is 4. The third-order valence-electron chi connectivity index (χ3n) is 3.89. The fraction of sp³-hybridized carbons (Fsp3) is 0.250. The van der Waals surface area contributed by atoms with E-state index in [1.807, 2.05) is 0 Å². The van der Waals surface area contributed by atoms with Crippen molar-refractivity contribution in [2.45, 2.75) is 25.6 Å². The number of benzene rings is 2. The second kappa shape index (κ2) is 4.99. The number of aliphatic hydroxyl groups excluding tert-OH is 1. The fourth-order valence-corrected chi connectivity index (χ4v) is 2.62. The summed E-state index contributed by atoms with van der Waals surface area (Å²) in [5.41, 5.74) is 1.15. The summed E-state index contributed by atoms with van der Waals surface area (Å²) in [5, 5.41) is 49.2. The molecule has 22 heavy (non-hydrogen) atoms. The summed E-state index contributed by atoms with van der Waals surface area (Å²) >= 11 is 0. The molecule has 0 aliphatic carbocycles. The number of fused-ring (bicyclic) bond motifs is 1. The molecule has 0 saturated heterocycles. The predicted octanol–water partition coefficient (Wildman–Crippen LogP) is 1.85. The zero-order valence-corrected chi connectivity index (χ0v) is 11.8. The average molecular weight is 304 g/mol. The van der Waals surface area contributed by atoms with Crippen LogP contribution in [0.4, 0.5) is 0 Å². The Morgan fingerprint density at radius 2 is 1.59 bits per heavy atom. The van der Waals surface area contributed by atoms with Gasteiger partial charge >= 0.3 is 0 Å². The van der Waals surface area contributed by atoms with Gasteiger partial charge in [0, 0.05) is 35.2 Å². The SMILES string of the molecule is Cc1c(O)cc(C2Oc3cc(O)cc(O)c3C[C@H]2O)cc1O. The maximum absolute atomic E-state index is 10.3. The monoisotopic (exact) mass is 304 g/mol. The van der Waals surface area contributed by atoms with E-state index in [2.05, 4.69) is 0 Å². The Morgan fingerprint density at radius 3 is 2.23 bits per heavy atom. The number of hydrogen-bond acceptors (Lipinski definition) is 6. The molecule has 1 aliphatic rings. The second-order valence-electron chi connectivity index (χ2n) is 5.44. The van der Waals surface area contributed by atoms with Gasteiger partial charge in [0.1, 0.15) is 28.7 Å². The Labute approximate surface area is 126 Å². The summed E-state index contributed by atoms with van der Waals surface area (Å²) in [4.78, 5) is 0. The van der Waals surface area contributed by atoms with Gasteiger partial charge < -0.3 is 30.3 Å². The first-order valence-corrected chi connectivity index (χ1v) is 6.79. The van der Waals surface area contributed by atoms with Gasteiger partial charge in [0.2, 0.25) is 0 Å². The van der Waals surface area contributed by atoms with Gasteiger partial charge in [0.05, 0.1) is 6.10 Å². The molecular weight excluding hydrogens is 288 g/mol. The number of rotatable bonds is 1. The first-order valence-electron chi connectivity index (χ1n) is 6.79. The van der Waals surface area contributed by atoms with Gasteiger partial charge in [-0.2, -0.15) is 0 Å². The van der Waals surface area contributed by atoms with E-state index >= 15 is 0 Å².